The maximum Gasteiger partial charge on any atom is 0.0925 e. The van der Waals surface area contributed by atoms with Gasteiger partial charge in [-0.2, -0.15) is 10.2 Å². The highest BCUT2D eigenvalue weighted by atomic mass is 15.2. The van der Waals surface area contributed by atoms with Crippen LogP contribution in [0.2, 0.25) is 0 Å². The molecular weight excluding hydrogens is 160 g/mol. The van der Waals surface area contributed by atoms with Gasteiger partial charge in [-0.3, -0.25) is 0 Å². The van der Waals surface area contributed by atoms with Gasteiger partial charge in [-0.25, -0.2) is 0 Å². The van der Waals surface area contributed by atoms with Crippen molar-refractivity contribution in [3.8, 4) is 0 Å². The molecule has 2 heteroatoms. The predicted molar refractivity (Wildman–Crippen MR) is 55.4 cm³/mol. The zero-order valence-electron chi connectivity index (χ0n) is 7.27. The van der Waals surface area contributed by atoms with Crippen molar-refractivity contribution in [2.75, 3.05) is 0 Å². The summed E-state index contributed by atoms with van der Waals surface area (Å²) in [5.41, 5.74) is 3.24. The van der Waals surface area contributed by atoms with Gasteiger partial charge in [0.05, 0.1) is 5.71 Å². The van der Waals surface area contributed by atoms with E-state index in [-0.39, 0.29) is 0 Å². The van der Waals surface area contributed by atoms with E-state index >= 15 is 0 Å². The van der Waals surface area contributed by atoms with E-state index in [2.05, 4.69) is 22.8 Å². The van der Waals surface area contributed by atoms with Crippen LogP contribution in [0.1, 0.15) is 11.1 Å². The summed E-state index contributed by atoms with van der Waals surface area (Å²) < 4.78 is 0. The zero-order valence-corrected chi connectivity index (χ0v) is 7.27. The molecule has 1 aromatic carbocycles. The SMILES string of the molecule is C=CC1=NN=CCc2ccccc21. The van der Waals surface area contributed by atoms with E-state index in [9.17, 15) is 0 Å². The molecule has 0 aromatic heterocycles. The molecule has 1 aliphatic heterocycles. The first-order valence-corrected chi connectivity index (χ1v) is 4.22. The van der Waals surface area contributed by atoms with Crippen LogP contribution in [-0.4, -0.2) is 11.9 Å². The maximum absolute atomic E-state index is 4.05. The van der Waals surface area contributed by atoms with Crippen molar-refractivity contribution in [1.82, 2.24) is 0 Å². The second kappa shape index (κ2) is 3.35. The van der Waals surface area contributed by atoms with Gasteiger partial charge in [-0.15, -0.1) is 0 Å². The average Bonchev–Trinajstić information content (AvgIpc) is 2.39. The van der Waals surface area contributed by atoms with Crippen molar-refractivity contribution in [2.45, 2.75) is 6.42 Å². The lowest BCUT2D eigenvalue weighted by Crippen LogP contribution is -1.99. The molecule has 0 atom stereocenters. The minimum Gasteiger partial charge on any atom is -0.163 e. The van der Waals surface area contributed by atoms with Crippen LogP contribution in [0.5, 0.6) is 0 Å². The first kappa shape index (κ1) is 7.92. The molecule has 0 fully saturated rings. The summed E-state index contributed by atoms with van der Waals surface area (Å²) in [6, 6.07) is 8.16. The van der Waals surface area contributed by atoms with Gasteiger partial charge in [0.1, 0.15) is 0 Å². The second-order valence-corrected chi connectivity index (χ2v) is 2.85. The molecule has 0 radical (unpaired) electrons. The number of nitrogens with zero attached hydrogens (tertiary/aromatic N) is 2. The molecule has 0 spiro atoms. The van der Waals surface area contributed by atoms with Crippen molar-refractivity contribution >= 4 is 11.9 Å². The Morgan fingerprint density at radius 2 is 2.15 bits per heavy atom. The van der Waals surface area contributed by atoms with Crippen LogP contribution in [0, 0.1) is 0 Å². The van der Waals surface area contributed by atoms with Gasteiger partial charge in [0.15, 0.2) is 0 Å². The van der Waals surface area contributed by atoms with Gasteiger partial charge >= 0.3 is 0 Å². The van der Waals surface area contributed by atoms with Crippen molar-refractivity contribution in [3.63, 3.8) is 0 Å². The summed E-state index contributed by atoms with van der Waals surface area (Å²) in [6.45, 7) is 3.72. The van der Waals surface area contributed by atoms with Crippen molar-refractivity contribution in [1.29, 1.82) is 0 Å². The smallest absolute Gasteiger partial charge is 0.0925 e. The molecule has 2 rings (SSSR count). The fourth-order valence-corrected chi connectivity index (χ4v) is 1.40. The topological polar surface area (TPSA) is 24.7 Å². The van der Waals surface area contributed by atoms with Crippen molar-refractivity contribution in [3.05, 3.63) is 48.0 Å². The lowest BCUT2D eigenvalue weighted by Gasteiger charge is -2.03. The minimum absolute atomic E-state index is 0.844. The van der Waals surface area contributed by atoms with E-state index in [1.165, 1.54) is 5.56 Å². The summed E-state index contributed by atoms with van der Waals surface area (Å²) >= 11 is 0. The molecule has 1 aromatic rings. The molecule has 64 valence electrons. The first-order chi connectivity index (χ1) is 6.42. The molecule has 1 heterocycles. The van der Waals surface area contributed by atoms with E-state index in [4.69, 9.17) is 0 Å². The lowest BCUT2D eigenvalue weighted by atomic mass is 10.0. The van der Waals surface area contributed by atoms with Crippen LogP contribution < -0.4 is 0 Å². The Morgan fingerprint density at radius 1 is 1.31 bits per heavy atom. The monoisotopic (exact) mass is 170 g/mol. The van der Waals surface area contributed by atoms with Crippen molar-refractivity contribution in [2.24, 2.45) is 10.2 Å². The molecular formula is C11H10N2. The van der Waals surface area contributed by atoms with Gasteiger partial charge in [0.25, 0.3) is 0 Å². The number of allylic oxidation sites excluding steroid dienone is 1. The van der Waals surface area contributed by atoms with Crippen LogP contribution in [0.15, 0.2) is 47.1 Å². The average molecular weight is 170 g/mol. The van der Waals surface area contributed by atoms with Gasteiger partial charge in [0, 0.05) is 18.2 Å². The van der Waals surface area contributed by atoms with Gasteiger partial charge in [-0.05, 0) is 11.6 Å². The van der Waals surface area contributed by atoms with Crippen molar-refractivity contribution < 1.29 is 0 Å². The Hall–Kier alpha value is -1.70. The molecule has 0 amide bonds. The van der Waals surface area contributed by atoms with E-state index in [1.54, 1.807) is 6.08 Å². The number of hydrogen-bond acceptors (Lipinski definition) is 2. The Bertz CT molecular complexity index is 389. The number of rotatable bonds is 1. The zero-order chi connectivity index (χ0) is 9.10. The normalized spacial score (nSPS) is 14.3. The highest BCUT2D eigenvalue weighted by Crippen LogP contribution is 2.13. The Morgan fingerprint density at radius 3 is 3.00 bits per heavy atom. The molecule has 0 N–H and O–H groups in total. The molecule has 1 aliphatic rings. The third-order valence-electron chi connectivity index (χ3n) is 2.04. The predicted octanol–water partition coefficient (Wildman–Crippen LogP) is 2.20. The quantitative estimate of drug-likeness (QED) is 0.617. The van der Waals surface area contributed by atoms with Crippen LogP contribution >= 0.6 is 0 Å². The highest BCUT2D eigenvalue weighted by Gasteiger charge is 2.06. The molecule has 2 nitrogen and oxygen atoms in total. The number of hydrogen-bond donors (Lipinski definition) is 0. The van der Waals surface area contributed by atoms with E-state index in [0.29, 0.717) is 0 Å². The molecule has 0 bridgehead atoms. The molecule has 0 saturated carbocycles. The Labute approximate surface area is 77.3 Å². The summed E-state index contributed by atoms with van der Waals surface area (Å²) in [4.78, 5) is 0. The highest BCUT2D eigenvalue weighted by molar-refractivity contribution is 6.10. The largest absolute Gasteiger partial charge is 0.163 e. The standard InChI is InChI=1S/C11H10N2/c1-2-11-10-6-4-3-5-9(10)7-8-12-13-11/h2-6,8H,1,7H2. The molecule has 13 heavy (non-hydrogen) atoms. The fraction of sp³-hybridized carbons (Fsp3) is 0.0909. The van der Waals surface area contributed by atoms with Gasteiger partial charge in [0.2, 0.25) is 0 Å². The number of benzene rings is 1. The molecule has 0 aliphatic carbocycles. The molecule has 0 unspecified atom stereocenters. The lowest BCUT2D eigenvalue weighted by molar-refractivity contribution is 1.25. The molecule has 0 saturated heterocycles. The summed E-state index contributed by atoms with van der Waals surface area (Å²) in [7, 11) is 0. The maximum atomic E-state index is 4.05. The second-order valence-electron chi connectivity index (χ2n) is 2.85. The number of fused-ring (bicyclic) bond motifs is 1. The van der Waals surface area contributed by atoms with Crippen LogP contribution in [-0.2, 0) is 6.42 Å². The third-order valence-corrected chi connectivity index (χ3v) is 2.04. The fourth-order valence-electron chi connectivity index (χ4n) is 1.40. The van der Waals surface area contributed by atoms with Crippen LogP contribution in [0.4, 0.5) is 0 Å². The first-order valence-electron chi connectivity index (χ1n) is 4.22. The van der Waals surface area contributed by atoms with E-state index in [0.717, 1.165) is 17.7 Å². The Kier molecular flexibility index (Phi) is 2.04. The van der Waals surface area contributed by atoms with Crippen LogP contribution in [0.25, 0.3) is 0 Å². The van der Waals surface area contributed by atoms with E-state index < -0.39 is 0 Å². The Balaban J connectivity index is 2.59. The third kappa shape index (κ3) is 1.43. The summed E-state index contributed by atoms with van der Waals surface area (Å²) in [5.74, 6) is 0. The summed E-state index contributed by atoms with van der Waals surface area (Å²) in [5, 5.41) is 7.98. The van der Waals surface area contributed by atoms with E-state index in [1.807, 2.05) is 24.4 Å². The minimum atomic E-state index is 0.844. The van der Waals surface area contributed by atoms with Crippen LogP contribution in [0.3, 0.4) is 0 Å². The summed E-state index contributed by atoms with van der Waals surface area (Å²) in [6.07, 6.45) is 4.40. The van der Waals surface area contributed by atoms with Gasteiger partial charge in [-0.1, -0.05) is 30.8 Å². The van der Waals surface area contributed by atoms with Gasteiger partial charge < -0.3 is 0 Å².